The van der Waals surface area contributed by atoms with Crippen LogP contribution in [0.15, 0.2) is 29.8 Å². The second-order valence-corrected chi connectivity index (χ2v) is 7.32. The molecule has 1 fully saturated rings. The number of nitrogens with one attached hydrogen (secondary N) is 1. The maximum Gasteiger partial charge on any atom is 0.238 e. The summed E-state index contributed by atoms with van der Waals surface area (Å²) < 4.78 is 8.47. The molecule has 0 spiro atoms. The van der Waals surface area contributed by atoms with Crippen molar-refractivity contribution in [2.45, 2.75) is 6.42 Å². The van der Waals surface area contributed by atoms with E-state index in [4.69, 9.17) is 0 Å². The van der Waals surface area contributed by atoms with Gasteiger partial charge in [-0.1, -0.05) is 6.07 Å². The molecule has 3 aromatic rings. The number of hydrogen-bond acceptors (Lipinski definition) is 8. The van der Waals surface area contributed by atoms with Crippen LogP contribution in [0.25, 0.3) is 11.0 Å². The van der Waals surface area contributed by atoms with Crippen LogP contribution in [0, 0.1) is 0 Å². The van der Waals surface area contributed by atoms with E-state index in [0.717, 1.165) is 66.2 Å². The van der Waals surface area contributed by atoms with E-state index in [2.05, 4.69) is 28.8 Å². The van der Waals surface area contributed by atoms with Crippen LogP contribution in [0.3, 0.4) is 0 Å². The zero-order valence-electron chi connectivity index (χ0n) is 13.6. The van der Waals surface area contributed by atoms with Gasteiger partial charge >= 0.3 is 0 Å². The summed E-state index contributed by atoms with van der Waals surface area (Å²) in [6.07, 6.45) is 2.86. The number of thiazole rings is 1. The van der Waals surface area contributed by atoms with Gasteiger partial charge in [0, 0.05) is 37.8 Å². The molecule has 0 bridgehead atoms. The van der Waals surface area contributed by atoms with Gasteiger partial charge in [-0.3, -0.25) is 9.69 Å². The van der Waals surface area contributed by atoms with E-state index in [1.165, 1.54) is 0 Å². The molecule has 1 aromatic carbocycles. The average molecular weight is 374 g/mol. The first kappa shape index (κ1) is 16.4. The maximum atomic E-state index is 12.4. The molecule has 0 atom stereocenters. The van der Waals surface area contributed by atoms with Crippen molar-refractivity contribution in [1.29, 1.82) is 0 Å². The summed E-state index contributed by atoms with van der Waals surface area (Å²) in [6.45, 7) is 4.04. The zero-order valence-corrected chi connectivity index (χ0v) is 15.2. The highest BCUT2D eigenvalue weighted by Crippen LogP contribution is 2.21. The molecule has 3 heterocycles. The molecule has 1 amide bonds. The van der Waals surface area contributed by atoms with Gasteiger partial charge in [0.05, 0.1) is 24.0 Å². The molecule has 1 N–H and O–H groups in total. The third-order valence-electron chi connectivity index (χ3n) is 4.21. The van der Waals surface area contributed by atoms with Crippen molar-refractivity contribution in [3.05, 3.63) is 29.8 Å². The first-order valence-corrected chi connectivity index (χ1v) is 9.78. The van der Waals surface area contributed by atoms with Crippen LogP contribution in [-0.2, 0) is 4.79 Å². The quantitative estimate of drug-likeness (QED) is 0.755. The molecule has 9 heteroatoms. The Labute approximate surface area is 153 Å². The Balaban J connectivity index is 1.35. The number of hydrogen-bond donors (Lipinski definition) is 1. The third-order valence-corrected chi connectivity index (χ3v) is 5.58. The monoisotopic (exact) mass is 374 g/mol. The lowest BCUT2D eigenvalue weighted by atomic mass is 10.2. The Morgan fingerprint density at radius 1 is 1.20 bits per heavy atom. The van der Waals surface area contributed by atoms with E-state index in [-0.39, 0.29) is 5.91 Å². The van der Waals surface area contributed by atoms with E-state index in [1.54, 1.807) is 11.3 Å². The second-order valence-electron chi connectivity index (χ2n) is 5.92. The second kappa shape index (κ2) is 7.42. The van der Waals surface area contributed by atoms with Gasteiger partial charge in [-0.25, -0.2) is 4.98 Å². The van der Waals surface area contributed by atoms with Gasteiger partial charge in [0.25, 0.3) is 0 Å². The van der Waals surface area contributed by atoms with Gasteiger partial charge in [-0.2, -0.15) is 8.75 Å². The molecule has 1 aliphatic rings. The number of carbonyl (C=O) groups excluding carboxylic acids is 1. The normalized spacial score (nSPS) is 16.1. The van der Waals surface area contributed by atoms with Gasteiger partial charge in [-0.05, 0) is 18.6 Å². The van der Waals surface area contributed by atoms with E-state index < -0.39 is 0 Å². The number of rotatable bonds is 4. The molecule has 7 nitrogen and oxygen atoms in total. The summed E-state index contributed by atoms with van der Waals surface area (Å²) in [5.74, 6) is -0.0109. The third kappa shape index (κ3) is 3.78. The standard InChI is InChI=1S/C16H18N6OS2/c23-14(18-12-3-1-4-13-15(12)20-25-19-13)11-21-6-2-7-22(9-8-21)16-17-5-10-24-16/h1,3-5,10H,2,6-9,11H2,(H,18,23). The fourth-order valence-corrected chi connectivity index (χ4v) is 4.24. The average Bonchev–Trinajstić information content (AvgIpc) is 3.25. The SMILES string of the molecule is O=C(CN1CCCN(c2nccs2)CC1)Nc1cccc2nsnc12. The number of carbonyl (C=O) groups is 1. The Morgan fingerprint density at radius 2 is 2.16 bits per heavy atom. The van der Waals surface area contributed by atoms with Gasteiger partial charge in [0.15, 0.2) is 5.13 Å². The lowest BCUT2D eigenvalue weighted by Crippen LogP contribution is -2.36. The Kier molecular flexibility index (Phi) is 4.86. The molecule has 4 rings (SSSR count). The lowest BCUT2D eigenvalue weighted by molar-refractivity contribution is -0.117. The van der Waals surface area contributed by atoms with Crippen molar-refractivity contribution in [2.75, 3.05) is 42.9 Å². The van der Waals surface area contributed by atoms with Gasteiger partial charge in [0.1, 0.15) is 11.0 Å². The summed E-state index contributed by atoms with van der Waals surface area (Å²) in [5.41, 5.74) is 2.30. The fourth-order valence-electron chi connectivity index (χ4n) is 2.99. The number of amides is 1. The van der Waals surface area contributed by atoms with E-state index in [0.29, 0.717) is 6.54 Å². The van der Waals surface area contributed by atoms with Crippen LogP contribution in [0.2, 0.25) is 0 Å². The summed E-state index contributed by atoms with van der Waals surface area (Å²) in [6, 6.07) is 5.65. The molecule has 2 aromatic heterocycles. The Hall–Kier alpha value is -2.10. The van der Waals surface area contributed by atoms with Gasteiger partial charge in [0.2, 0.25) is 5.91 Å². The highest BCUT2D eigenvalue weighted by atomic mass is 32.1. The minimum atomic E-state index is -0.0109. The zero-order chi connectivity index (χ0) is 17.1. The van der Waals surface area contributed by atoms with E-state index >= 15 is 0 Å². The summed E-state index contributed by atoms with van der Waals surface area (Å²) in [5, 5.41) is 6.04. The maximum absolute atomic E-state index is 12.4. The van der Waals surface area contributed by atoms with E-state index in [9.17, 15) is 4.79 Å². The van der Waals surface area contributed by atoms with Crippen molar-refractivity contribution < 1.29 is 4.79 Å². The molecule has 1 aliphatic heterocycles. The number of aromatic nitrogens is 3. The van der Waals surface area contributed by atoms with Crippen molar-refractivity contribution in [3.63, 3.8) is 0 Å². The van der Waals surface area contributed by atoms with Crippen molar-refractivity contribution in [2.24, 2.45) is 0 Å². The number of benzene rings is 1. The minimum absolute atomic E-state index is 0.0109. The van der Waals surface area contributed by atoms with Gasteiger partial charge < -0.3 is 10.2 Å². The van der Waals surface area contributed by atoms with Crippen molar-refractivity contribution in [3.8, 4) is 0 Å². The van der Waals surface area contributed by atoms with Crippen LogP contribution in [0.5, 0.6) is 0 Å². The van der Waals surface area contributed by atoms with Crippen LogP contribution >= 0.6 is 23.1 Å². The summed E-state index contributed by atoms with van der Waals surface area (Å²) >= 11 is 2.82. The first-order chi connectivity index (χ1) is 12.3. The lowest BCUT2D eigenvalue weighted by Gasteiger charge is -2.21. The smallest absolute Gasteiger partial charge is 0.238 e. The molecule has 0 unspecified atom stereocenters. The summed E-state index contributed by atoms with van der Waals surface area (Å²) in [4.78, 5) is 21.3. The Bertz CT molecular complexity index is 849. The topological polar surface area (TPSA) is 74.2 Å². The highest BCUT2D eigenvalue weighted by Gasteiger charge is 2.19. The Morgan fingerprint density at radius 3 is 3.04 bits per heavy atom. The van der Waals surface area contributed by atoms with Crippen LogP contribution in [-0.4, -0.2) is 57.3 Å². The molecule has 0 aliphatic carbocycles. The molecule has 1 saturated heterocycles. The highest BCUT2D eigenvalue weighted by molar-refractivity contribution is 7.13. The largest absolute Gasteiger partial charge is 0.347 e. The molecule has 0 radical (unpaired) electrons. The van der Waals surface area contributed by atoms with Gasteiger partial charge in [-0.15, -0.1) is 11.3 Å². The molecular weight excluding hydrogens is 356 g/mol. The number of nitrogens with zero attached hydrogens (tertiary/aromatic N) is 5. The molecule has 0 saturated carbocycles. The van der Waals surface area contributed by atoms with Crippen LogP contribution < -0.4 is 10.2 Å². The van der Waals surface area contributed by atoms with E-state index in [1.807, 2.05) is 29.8 Å². The van der Waals surface area contributed by atoms with Crippen molar-refractivity contribution in [1.82, 2.24) is 18.6 Å². The molecule has 130 valence electrons. The first-order valence-electron chi connectivity index (χ1n) is 8.17. The number of fused-ring (bicyclic) bond motifs is 1. The van der Waals surface area contributed by atoms with Crippen LogP contribution in [0.4, 0.5) is 10.8 Å². The predicted octanol–water partition coefficient (Wildman–Crippen LogP) is 2.30. The minimum Gasteiger partial charge on any atom is -0.347 e. The van der Waals surface area contributed by atoms with Crippen LogP contribution in [0.1, 0.15) is 6.42 Å². The fraction of sp³-hybridized carbons (Fsp3) is 0.375. The number of anilines is 2. The van der Waals surface area contributed by atoms with Crippen molar-refractivity contribution >= 4 is 50.8 Å². The molecular formula is C16H18N6OS2. The molecule has 25 heavy (non-hydrogen) atoms. The summed E-state index contributed by atoms with van der Waals surface area (Å²) in [7, 11) is 0. The predicted molar refractivity (Wildman–Crippen MR) is 101 cm³/mol.